The van der Waals surface area contributed by atoms with Gasteiger partial charge in [0.25, 0.3) is 11.8 Å². The number of hydrogen-bond acceptors (Lipinski definition) is 3. The quantitative estimate of drug-likeness (QED) is 0.601. The Hall–Kier alpha value is -3.60. The van der Waals surface area contributed by atoms with Crippen LogP contribution >= 0.6 is 0 Å². The number of anilines is 2. The molecule has 152 valence electrons. The predicted molar refractivity (Wildman–Crippen MR) is 119 cm³/mol. The largest absolute Gasteiger partial charge is 0.454 e. The SMILES string of the molecule is CCCc1ccc(C(=O)Nc2ccc3c(c2)C(=O)N(CC)c2ccccc2O3)cc1. The number of hydrogen-bond donors (Lipinski definition) is 1. The van der Waals surface area contributed by atoms with E-state index in [0.29, 0.717) is 34.9 Å². The molecule has 4 rings (SSSR count). The Bertz CT molecular complexity index is 1090. The lowest BCUT2D eigenvalue weighted by atomic mass is 10.1. The van der Waals surface area contributed by atoms with Crippen molar-refractivity contribution in [2.75, 3.05) is 16.8 Å². The van der Waals surface area contributed by atoms with Gasteiger partial charge in [-0.15, -0.1) is 0 Å². The van der Waals surface area contributed by atoms with Crippen molar-refractivity contribution >= 4 is 23.2 Å². The van der Waals surface area contributed by atoms with Gasteiger partial charge >= 0.3 is 0 Å². The summed E-state index contributed by atoms with van der Waals surface area (Å²) in [5, 5.41) is 2.89. The third kappa shape index (κ3) is 3.79. The number of amides is 2. The van der Waals surface area contributed by atoms with Gasteiger partial charge in [0.2, 0.25) is 0 Å². The van der Waals surface area contributed by atoms with E-state index in [0.717, 1.165) is 18.5 Å². The molecule has 0 aromatic heterocycles. The van der Waals surface area contributed by atoms with Crippen LogP contribution in [0.1, 0.15) is 46.5 Å². The fourth-order valence-electron chi connectivity index (χ4n) is 3.63. The molecular formula is C25H24N2O3. The molecule has 0 saturated carbocycles. The number of para-hydroxylation sites is 2. The summed E-state index contributed by atoms with van der Waals surface area (Å²) < 4.78 is 6.01. The summed E-state index contributed by atoms with van der Waals surface area (Å²) in [6, 6.07) is 20.2. The highest BCUT2D eigenvalue weighted by Gasteiger charge is 2.27. The van der Waals surface area contributed by atoms with Gasteiger partial charge in [0.1, 0.15) is 5.75 Å². The highest BCUT2D eigenvalue weighted by Crippen LogP contribution is 2.39. The average molecular weight is 400 g/mol. The van der Waals surface area contributed by atoms with E-state index < -0.39 is 0 Å². The maximum Gasteiger partial charge on any atom is 0.262 e. The second-order valence-corrected chi connectivity index (χ2v) is 7.23. The Kier molecular flexibility index (Phi) is 5.53. The smallest absolute Gasteiger partial charge is 0.262 e. The maximum absolute atomic E-state index is 13.2. The minimum atomic E-state index is -0.212. The standard InChI is InChI=1S/C25H24N2O3/c1-3-7-17-10-12-18(13-11-17)24(28)26-19-14-15-22-20(16-19)25(29)27(4-2)21-8-5-6-9-23(21)30-22/h5-6,8-16H,3-4,7H2,1-2H3,(H,26,28). The molecule has 2 amide bonds. The van der Waals surface area contributed by atoms with Crippen molar-refractivity contribution in [2.45, 2.75) is 26.7 Å². The van der Waals surface area contributed by atoms with Gasteiger partial charge in [0.15, 0.2) is 5.75 Å². The van der Waals surface area contributed by atoms with Crippen LogP contribution in [0.5, 0.6) is 11.5 Å². The van der Waals surface area contributed by atoms with Gasteiger partial charge in [-0.05, 0) is 61.4 Å². The molecule has 3 aromatic rings. The molecule has 0 spiro atoms. The zero-order chi connectivity index (χ0) is 21.1. The average Bonchev–Trinajstić information content (AvgIpc) is 2.88. The van der Waals surface area contributed by atoms with Crippen molar-refractivity contribution in [2.24, 2.45) is 0 Å². The number of aryl methyl sites for hydroxylation is 1. The Balaban J connectivity index is 1.60. The first-order valence-corrected chi connectivity index (χ1v) is 10.2. The van der Waals surface area contributed by atoms with E-state index >= 15 is 0 Å². The number of carbonyl (C=O) groups excluding carboxylic acids is 2. The van der Waals surface area contributed by atoms with E-state index in [2.05, 4.69) is 12.2 Å². The van der Waals surface area contributed by atoms with Crippen LogP contribution in [0.2, 0.25) is 0 Å². The molecule has 1 aliphatic rings. The van der Waals surface area contributed by atoms with Crippen LogP contribution in [-0.4, -0.2) is 18.4 Å². The van der Waals surface area contributed by atoms with Crippen LogP contribution in [0.25, 0.3) is 0 Å². The van der Waals surface area contributed by atoms with Gasteiger partial charge in [-0.3, -0.25) is 9.59 Å². The summed E-state index contributed by atoms with van der Waals surface area (Å²) in [4.78, 5) is 27.5. The van der Waals surface area contributed by atoms with Crippen LogP contribution in [0, 0.1) is 0 Å². The summed E-state index contributed by atoms with van der Waals surface area (Å²) in [6.45, 7) is 4.56. The molecule has 0 unspecified atom stereocenters. The molecule has 0 saturated heterocycles. The Morgan fingerprint density at radius 2 is 1.73 bits per heavy atom. The maximum atomic E-state index is 13.2. The van der Waals surface area contributed by atoms with Crippen molar-refractivity contribution in [1.29, 1.82) is 0 Å². The minimum Gasteiger partial charge on any atom is -0.454 e. The molecule has 5 heteroatoms. The summed E-state index contributed by atoms with van der Waals surface area (Å²) in [7, 11) is 0. The van der Waals surface area contributed by atoms with Crippen LogP contribution in [-0.2, 0) is 6.42 Å². The molecule has 1 aliphatic heterocycles. The van der Waals surface area contributed by atoms with Gasteiger partial charge < -0.3 is 15.0 Å². The Morgan fingerprint density at radius 3 is 2.47 bits per heavy atom. The molecule has 0 aliphatic carbocycles. The van der Waals surface area contributed by atoms with Crippen LogP contribution in [0.15, 0.2) is 66.7 Å². The molecular weight excluding hydrogens is 376 g/mol. The zero-order valence-corrected chi connectivity index (χ0v) is 17.1. The highest BCUT2D eigenvalue weighted by molar-refractivity contribution is 6.11. The minimum absolute atomic E-state index is 0.155. The molecule has 3 aromatic carbocycles. The fraction of sp³-hybridized carbons (Fsp3) is 0.200. The number of carbonyl (C=O) groups is 2. The van der Waals surface area contributed by atoms with Crippen molar-refractivity contribution in [3.8, 4) is 11.5 Å². The lowest BCUT2D eigenvalue weighted by molar-refractivity contribution is 0.0985. The van der Waals surface area contributed by atoms with Gasteiger partial charge in [-0.2, -0.15) is 0 Å². The molecule has 0 fully saturated rings. The monoisotopic (exact) mass is 400 g/mol. The lowest BCUT2D eigenvalue weighted by Gasteiger charge is -2.19. The Labute approximate surface area is 176 Å². The predicted octanol–water partition coefficient (Wildman–Crippen LogP) is 5.66. The Morgan fingerprint density at radius 1 is 0.967 bits per heavy atom. The van der Waals surface area contributed by atoms with E-state index in [1.807, 2.05) is 55.5 Å². The second kappa shape index (κ2) is 8.41. The molecule has 0 radical (unpaired) electrons. The van der Waals surface area contributed by atoms with E-state index in [1.165, 1.54) is 5.56 Å². The van der Waals surface area contributed by atoms with E-state index in [1.54, 1.807) is 23.1 Å². The summed E-state index contributed by atoms with van der Waals surface area (Å²) in [6.07, 6.45) is 2.06. The molecule has 1 N–H and O–H groups in total. The number of fused-ring (bicyclic) bond motifs is 2. The lowest BCUT2D eigenvalue weighted by Crippen LogP contribution is -2.29. The summed E-state index contributed by atoms with van der Waals surface area (Å²) in [5.41, 5.74) is 3.49. The molecule has 1 heterocycles. The third-order valence-corrected chi connectivity index (χ3v) is 5.16. The zero-order valence-electron chi connectivity index (χ0n) is 17.1. The van der Waals surface area contributed by atoms with Crippen molar-refractivity contribution in [1.82, 2.24) is 0 Å². The van der Waals surface area contributed by atoms with Gasteiger partial charge in [0, 0.05) is 17.8 Å². The molecule has 5 nitrogen and oxygen atoms in total. The number of nitrogens with one attached hydrogen (secondary N) is 1. The van der Waals surface area contributed by atoms with E-state index in [4.69, 9.17) is 4.74 Å². The van der Waals surface area contributed by atoms with Crippen LogP contribution < -0.4 is 15.0 Å². The highest BCUT2D eigenvalue weighted by atomic mass is 16.5. The van der Waals surface area contributed by atoms with Gasteiger partial charge in [0.05, 0.1) is 11.3 Å². The first-order chi connectivity index (χ1) is 14.6. The number of benzene rings is 3. The third-order valence-electron chi connectivity index (χ3n) is 5.16. The fourth-order valence-corrected chi connectivity index (χ4v) is 3.63. The first kappa shape index (κ1) is 19.7. The van der Waals surface area contributed by atoms with E-state index in [9.17, 15) is 9.59 Å². The second-order valence-electron chi connectivity index (χ2n) is 7.23. The van der Waals surface area contributed by atoms with E-state index in [-0.39, 0.29) is 11.8 Å². The van der Waals surface area contributed by atoms with Crippen molar-refractivity contribution < 1.29 is 14.3 Å². The van der Waals surface area contributed by atoms with Crippen LogP contribution in [0.4, 0.5) is 11.4 Å². The molecule has 0 bridgehead atoms. The summed E-state index contributed by atoms with van der Waals surface area (Å²) >= 11 is 0. The topological polar surface area (TPSA) is 58.6 Å². The molecule has 0 atom stereocenters. The number of nitrogens with zero attached hydrogens (tertiary/aromatic N) is 1. The van der Waals surface area contributed by atoms with Gasteiger partial charge in [-0.1, -0.05) is 37.6 Å². The first-order valence-electron chi connectivity index (χ1n) is 10.2. The van der Waals surface area contributed by atoms with Crippen molar-refractivity contribution in [3.63, 3.8) is 0 Å². The number of rotatable bonds is 5. The number of ether oxygens (including phenoxy) is 1. The summed E-state index contributed by atoms with van der Waals surface area (Å²) in [5.74, 6) is 0.744. The van der Waals surface area contributed by atoms with Crippen molar-refractivity contribution in [3.05, 3.63) is 83.4 Å². The van der Waals surface area contributed by atoms with Gasteiger partial charge in [-0.25, -0.2) is 0 Å². The van der Waals surface area contributed by atoms with Crippen LogP contribution in [0.3, 0.4) is 0 Å². The normalized spacial score (nSPS) is 12.5. The molecule has 30 heavy (non-hydrogen) atoms.